The molecule has 0 aliphatic rings. The summed E-state index contributed by atoms with van der Waals surface area (Å²) in [5, 5.41) is 0. The Balaban J connectivity index is 2.17. The van der Waals surface area contributed by atoms with Gasteiger partial charge in [0.15, 0.2) is 0 Å². The SMILES string of the molecule is CCC(N)Cn1c(-c2ccccc2)nc2ccccc21. The largest absolute Gasteiger partial charge is 0.326 e. The lowest BCUT2D eigenvalue weighted by Gasteiger charge is -2.14. The molecule has 0 radical (unpaired) electrons. The number of para-hydroxylation sites is 2. The van der Waals surface area contributed by atoms with Crippen LogP contribution in [0, 0.1) is 0 Å². The molecule has 1 aromatic heterocycles. The Labute approximate surface area is 119 Å². The molecule has 3 rings (SSSR count). The van der Waals surface area contributed by atoms with Gasteiger partial charge >= 0.3 is 0 Å². The van der Waals surface area contributed by atoms with Gasteiger partial charge in [0.05, 0.1) is 11.0 Å². The molecule has 0 fully saturated rings. The van der Waals surface area contributed by atoms with E-state index in [4.69, 9.17) is 10.7 Å². The van der Waals surface area contributed by atoms with Crippen molar-refractivity contribution in [3.05, 3.63) is 54.6 Å². The highest BCUT2D eigenvalue weighted by Gasteiger charge is 2.13. The fourth-order valence-corrected chi connectivity index (χ4v) is 2.43. The van der Waals surface area contributed by atoms with E-state index < -0.39 is 0 Å². The topological polar surface area (TPSA) is 43.8 Å². The van der Waals surface area contributed by atoms with Gasteiger partial charge in [-0.15, -0.1) is 0 Å². The van der Waals surface area contributed by atoms with Gasteiger partial charge in [-0.25, -0.2) is 4.98 Å². The zero-order valence-electron chi connectivity index (χ0n) is 11.7. The van der Waals surface area contributed by atoms with E-state index >= 15 is 0 Å². The van der Waals surface area contributed by atoms with E-state index in [-0.39, 0.29) is 6.04 Å². The quantitative estimate of drug-likeness (QED) is 0.785. The van der Waals surface area contributed by atoms with E-state index in [9.17, 15) is 0 Å². The lowest BCUT2D eigenvalue weighted by molar-refractivity contribution is 0.551. The number of benzene rings is 2. The summed E-state index contributed by atoms with van der Waals surface area (Å²) < 4.78 is 2.23. The van der Waals surface area contributed by atoms with Crippen molar-refractivity contribution in [1.29, 1.82) is 0 Å². The monoisotopic (exact) mass is 265 g/mol. The molecule has 0 aliphatic heterocycles. The molecule has 0 bridgehead atoms. The van der Waals surface area contributed by atoms with E-state index in [0.717, 1.165) is 35.4 Å². The van der Waals surface area contributed by atoms with Crippen LogP contribution in [0.3, 0.4) is 0 Å². The first kappa shape index (κ1) is 12.9. The van der Waals surface area contributed by atoms with Crippen LogP contribution in [0.5, 0.6) is 0 Å². The lowest BCUT2D eigenvalue weighted by atomic mass is 10.2. The molecule has 2 aromatic carbocycles. The fraction of sp³-hybridized carbons (Fsp3) is 0.235. The van der Waals surface area contributed by atoms with Crippen LogP contribution in [0.15, 0.2) is 54.6 Å². The van der Waals surface area contributed by atoms with E-state index in [1.807, 2.05) is 30.3 Å². The number of fused-ring (bicyclic) bond motifs is 1. The van der Waals surface area contributed by atoms with Crippen LogP contribution in [0.2, 0.25) is 0 Å². The summed E-state index contributed by atoms with van der Waals surface area (Å²) in [7, 11) is 0. The van der Waals surface area contributed by atoms with Crippen LogP contribution in [-0.4, -0.2) is 15.6 Å². The van der Waals surface area contributed by atoms with E-state index in [1.54, 1.807) is 0 Å². The summed E-state index contributed by atoms with van der Waals surface area (Å²) in [5.74, 6) is 0.996. The summed E-state index contributed by atoms with van der Waals surface area (Å²) in [6, 6.07) is 18.7. The second-order valence-electron chi connectivity index (χ2n) is 5.07. The van der Waals surface area contributed by atoms with Crippen molar-refractivity contribution in [2.45, 2.75) is 25.9 Å². The molecule has 0 amide bonds. The molecule has 0 aliphatic carbocycles. The minimum Gasteiger partial charge on any atom is -0.326 e. The molecular formula is C17H19N3. The third-order valence-electron chi connectivity index (χ3n) is 3.63. The van der Waals surface area contributed by atoms with Crippen LogP contribution in [0.1, 0.15) is 13.3 Å². The maximum absolute atomic E-state index is 6.15. The molecule has 3 heteroatoms. The maximum Gasteiger partial charge on any atom is 0.141 e. The molecule has 3 aromatic rings. The number of rotatable bonds is 4. The first-order valence-corrected chi connectivity index (χ1v) is 7.06. The van der Waals surface area contributed by atoms with E-state index in [0.29, 0.717) is 0 Å². The summed E-state index contributed by atoms with van der Waals surface area (Å²) in [6.07, 6.45) is 0.959. The molecule has 0 saturated carbocycles. The molecule has 0 spiro atoms. The Bertz CT molecular complexity index is 701. The average molecular weight is 265 g/mol. The Morgan fingerprint density at radius 2 is 1.75 bits per heavy atom. The van der Waals surface area contributed by atoms with Gasteiger partial charge in [0, 0.05) is 18.2 Å². The molecule has 1 atom stereocenters. The van der Waals surface area contributed by atoms with Gasteiger partial charge in [0.1, 0.15) is 5.82 Å². The number of hydrogen-bond donors (Lipinski definition) is 1. The van der Waals surface area contributed by atoms with Crippen LogP contribution >= 0.6 is 0 Å². The van der Waals surface area contributed by atoms with Crippen molar-refractivity contribution in [3.63, 3.8) is 0 Å². The van der Waals surface area contributed by atoms with Gasteiger partial charge in [-0.2, -0.15) is 0 Å². The van der Waals surface area contributed by atoms with Gasteiger partial charge in [-0.05, 0) is 18.6 Å². The number of nitrogens with two attached hydrogens (primary N) is 1. The zero-order valence-corrected chi connectivity index (χ0v) is 11.7. The molecular weight excluding hydrogens is 246 g/mol. The van der Waals surface area contributed by atoms with Crippen LogP contribution in [-0.2, 0) is 6.54 Å². The van der Waals surface area contributed by atoms with Gasteiger partial charge in [-0.1, -0.05) is 49.4 Å². The molecule has 3 nitrogen and oxygen atoms in total. The van der Waals surface area contributed by atoms with Crippen molar-refractivity contribution < 1.29 is 0 Å². The zero-order chi connectivity index (χ0) is 13.9. The number of nitrogens with zero attached hydrogens (tertiary/aromatic N) is 2. The number of imidazole rings is 1. The lowest BCUT2D eigenvalue weighted by Crippen LogP contribution is -2.25. The van der Waals surface area contributed by atoms with Crippen LogP contribution in [0.25, 0.3) is 22.4 Å². The Morgan fingerprint density at radius 1 is 1.05 bits per heavy atom. The molecule has 2 N–H and O–H groups in total. The van der Waals surface area contributed by atoms with Gasteiger partial charge in [0.25, 0.3) is 0 Å². The first-order valence-electron chi connectivity index (χ1n) is 7.06. The van der Waals surface area contributed by atoms with E-state index in [1.165, 1.54) is 0 Å². The van der Waals surface area contributed by atoms with Gasteiger partial charge in [0.2, 0.25) is 0 Å². The smallest absolute Gasteiger partial charge is 0.141 e. The fourth-order valence-electron chi connectivity index (χ4n) is 2.43. The molecule has 20 heavy (non-hydrogen) atoms. The highest BCUT2D eigenvalue weighted by molar-refractivity contribution is 5.80. The highest BCUT2D eigenvalue weighted by atomic mass is 15.1. The average Bonchev–Trinajstić information content (AvgIpc) is 2.87. The minimum absolute atomic E-state index is 0.148. The predicted molar refractivity (Wildman–Crippen MR) is 83.4 cm³/mol. The maximum atomic E-state index is 6.15. The normalized spacial score (nSPS) is 12.7. The summed E-state index contributed by atoms with van der Waals surface area (Å²) in [6.45, 7) is 2.91. The molecule has 102 valence electrons. The Hall–Kier alpha value is -2.13. The third kappa shape index (κ3) is 2.32. The Kier molecular flexibility index (Phi) is 3.52. The third-order valence-corrected chi connectivity index (χ3v) is 3.63. The Morgan fingerprint density at radius 3 is 2.50 bits per heavy atom. The van der Waals surface area contributed by atoms with E-state index in [2.05, 4.69) is 35.8 Å². The van der Waals surface area contributed by atoms with Crippen molar-refractivity contribution >= 4 is 11.0 Å². The molecule has 0 saturated heterocycles. The number of aromatic nitrogens is 2. The highest BCUT2D eigenvalue weighted by Crippen LogP contribution is 2.24. The van der Waals surface area contributed by atoms with Crippen LogP contribution < -0.4 is 5.73 Å². The second kappa shape index (κ2) is 5.47. The molecule has 1 heterocycles. The summed E-state index contributed by atoms with van der Waals surface area (Å²) in [5.41, 5.74) is 9.46. The van der Waals surface area contributed by atoms with Crippen molar-refractivity contribution in [2.75, 3.05) is 0 Å². The van der Waals surface area contributed by atoms with Gasteiger partial charge in [-0.3, -0.25) is 0 Å². The summed E-state index contributed by atoms with van der Waals surface area (Å²) in [4.78, 5) is 4.78. The molecule has 1 unspecified atom stereocenters. The number of hydrogen-bond acceptors (Lipinski definition) is 2. The predicted octanol–water partition coefficient (Wildman–Crippen LogP) is 3.44. The van der Waals surface area contributed by atoms with Gasteiger partial charge < -0.3 is 10.3 Å². The standard InChI is InChI=1S/C17H19N3/c1-2-14(18)12-20-16-11-7-6-10-15(16)19-17(20)13-8-4-3-5-9-13/h3-11,14H,2,12,18H2,1H3. The first-order chi connectivity index (χ1) is 9.79. The van der Waals surface area contributed by atoms with Crippen LogP contribution in [0.4, 0.5) is 0 Å². The minimum atomic E-state index is 0.148. The summed E-state index contributed by atoms with van der Waals surface area (Å²) >= 11 is 0. The van der Waals surface area contributed by atoms with Crippen molar-refractivity contribution in [3.8, 4) is 11.4 Å². The van der Waals surface area contributed by atoms with Crippen molar-refractivity contribution in [1.82, 2.24) is 9.55 Å². The van der Waals surface area contributed by atoms with Crippen molar-refractivity contribution in [2.24, 2.45) is 5.73 Å². The second-order valence-corrected chi connectivity index (χ2v) is 5.07.